The second kappa shape index (κ2) is 6.97. The highest BCUT2D eigenvalue weighted by Gasteiger charge is 1.98. The van der Waals surface area contributed by atoms with Crippen LogP contribution in [0.15, 0.2) is 6.20 Å². The maximum absolute atomic E-state index is 4.09. The Balaban J connectivity index is 2.20. The summed E-state index contributed by atoms with van der Waals surface area (Å²) >= 11 is 4.70. The third kappa shape index (κ3) is 4.57. The van der Waals surface area contributed by atoms with E-state index >= 15 is 0 Å². The summed E-state index contributed by atoms with van der Waals surface area (Å²) < 4.78 is 4.02. The summed E-state index contributed by atoms with van der Waals surface area (Å²) in [5, 5.41) is 8.08. The van der Waals surface area contributed by atoms with E-state index in [4.69, 9.17) is 0 Å². The molecule has 0 amide bonds. The molecule has 0 aliphatic heterocycles. The molecule has 0 aromatic carbocycles. The molecule has 3 nitrogen and oxygen atoms in total. The fraction of sp³-hybridized carbons (Fsp3) is 0.750. The Labute approximate surface area is 106 Å². The lowest BCUT2D eigenvalue weighted by atomic mass is 10.2. The number of rotatable bonds is 6. The highest BCUT2D eigenvalue weighted by Crippen LogP contribution is 2.05. The number of nitrogens with zero attached hydrogens (tertiary/aromatic N) is 3. The molecule has 0 fully saturated rings. The van der Waals surface area contributed by atoms with Crippen LogP contribution in [0.2, 0.25) is 0 Å². The summed E-state index contributed by atoms with van der Waals surface area (Å²) in [5.41, 5.74) is 1.13. The molecular weight excluding hydrogens is 392 g/mol. The van der Waals surface area contributed by atoms with Crippen LogP contribution in [0, 0.1) is 0 Å². The van der Waals surface area contributed by atoms with Crippen LogP contribution in [0.25, 0.3) is 0 Å². The summed E-state index contributed by atoms with van der Waals surface area (Å²) in [7, 11) is 0. The first-order valence-corrected chi connectivity index (χ1v) is 7.43. The Morgan fingerprint density at radius 3 is 2.69 bits per heavy atom. The van der Waals surface area contributed by atoms with Crippen LogP contribution in [0.3, 0.4) is 0 Å². The van der Waals surface area contributed by atoms with Crippen LogP contribution in [-0.2, 0) is 11.0 Å². The minimum atomic E-state index is 0.887. The molecule has 0 N–H and O–H groups in total. The fourth-order valence-electron chi connectivity index (χ4n) is 1.09. The molecule has 1 aromatic rings. The summed E-state index contributed by atoms with van der Waals surface area (Å²) in [6.07, 6.45) is 6.98. The van der Waals surface area contributed by atoms with Gasteiger partial charge >= 0.3 is 0 Å². The highest BCUT2D eigenvalue weighted by atomic mass is 127. The van der Waals surface area contributed by atoms with Gasteiger partial charge in [-0.05, 0) is 23.7 Å². The monoisotopic (exact) mass is 405 g/mol. The largest absolute Gasteiger partial charge is 0.242 e. The Bertz CT molecular complexity index is 237. The summed E-state index contributed by atoms with van der Waals surface area (Å²) in [5.74, 6) is 0. The standard InChI is InChI=1S/C8H13I2N3/c9-5-3-1-2-4-8-6-13(7-10)12-11-8/h6H,1-5,7H2. The lowest BCUT2D eigenvalue weighted by Crippen LogP contribution is -1.90. The maximum atomic E-state index is 4.09. The third-order valence-electron chi connectivity index (χ3n) is 1.78. The third-order valence-corrected chi connectivity index (χ3v) is 3.24. The zero-order valence-electron chi connectivity index (χ0n) is 7.42. The lowest BCUT2D eigenvalue weighted by molar-refractivity contribution is 0.701. The first-order valence-electron chi connectivity index (χ1n) is 4.37. The molecule has 0 bridgehead atoms. The van der Waals surface area contributed by atoms with Gasteiger partial charge < -0.3 is 0 Å². The van der Waals surface area contributed by atoms with Crippen LogP contribution >= 0.6 is 45.2 Å². The molecule has 0 saturated carbocycles. The van der Waals surface area contributed by atoms with Crippen molar-refractivity contribution >= 4 is 45.2 Å². The first-order chi connectivity index (χ1) is 6.36. The van der Waals surface area contributed by atoms with Gasteiger partial charge in [0.15, 0.2) is 0 Å². The highest BCUT2D eigenvalue weighted by molar-refractivity contribution is 14.1. The first kappa shape index (κ1) is 11.7. The molecule has 0 spiro atoms. The van der Waals surface area contributed by atoms with Crippen molar-refractivity contribution in [1.82, 2.24) is 15.0 Å². The molecule has 1 rings (SSSR count). The van der Waals surface area contributed by atoms with E-state index < -0.39 is 0 Å². The number of halogens is 2. The van der Waals surface area contributed by atoms with Crippen LogP contribution in [0.5, 0.6) is 0 Å². The van der Waals surface area contributed by atoms with Crippen molar-refractivity contribution in [1.29, 1.82) is 0 Å². The Kier molecular flexibility index (Phi) is 6.26. The molecule has 13 heavy (non-hydrogen) atoms. The van der Waals surface area contributed by atoms with E-state index in [0.717, 1.165) is 16.7 Å². The summed E-state index contributed by atoms with van der Waals surface area (Å²) in [6, 6.07) is 0. The van der Waals surface area contributed by atoms with Crippen LogP contribution in [-0.4, -0.2) is 19.4 Å². The molecular formula is C8H13I2N3. The van der Waals surface area contributed by atoms with Gasteiger partial charge in [0.25, 0.3) is 0 Å². The van der Waals surface area contributed by atoms with E-state index in [1.54, 1.807) is 0 Å². The molecule has 74 valence electrons. The summed E-state index contributed by atoms with van der Waals surface area (Å²) in [6.45, 7) is 0. The van der Waals surface area contributed by atoms with E-state index in [-0.39, 0.29) is 0 Å². The van der Waals surface area contributed by atoms with Crippen LogP contribution in [0.4, 0.5) is 0 Å². The predicted octanol–water partition coefficient (Wildman–Crippen LogP) is 2.82. The molecule has 5 heteroatoms. The van der Waals surface area contributed by atoms with Crippen molar-refractivity contribution in [3.05, 3.63) is 11.9 Å². The van der Waals surface area contributed by atoms with Crippen LogP contribution in [0.1, 0.15) is 25.0 Å². The molecule has 0 saturated heterocycles. The van der Waals surface area contributed by atoms with Crippen molar-refractivity contribution < 1.29 is 0 Å². The zero-order chi connectivity index (χ0) is 9.52. The minimum Gasteiger partial charge on any atom is -0.242 e. The van der Waals surface area contributed by atoms with Gasteiger partial charge in [-0.1, -0.05) is 56.8 Å². The smallest absolute Gasteiger partial charge is 0.0941 e. The molecule has 0 radical (unpaired) electrons. The lowest BCUT2D eigenvalue weighted by Gasteiger charge is -1.94. The van der Waals surface area contributed by atoms with E-state index in [9.17, 15) is 0 Å². The second-order valence-corrected chi connectivity index (χ2v) is 4.63. The van der Waals surface area contributed by atoms with E-state index in [2.05, 4.69) is 55.5 Å². The number of alkyl halides is 2. The average Bonchev–Trinajstić information content (AvgIpc) is 2.60. The Morgan fingerprint density at radius 1 is 1.23 bits per heavy atom. The average molecular weight is 405 g/mol. The molecule has 0 aliphatic carbocycles. The normalized spacial score (nSPS) is 10.6. The molecule has 0 aliphatic rings. The van der Waals surface area contributed by atoms with Crippen molar-refractivity contribution in [3.63, 3.8) is 0 Å². The van der Waals surface area contributed by atoms with Crippen molar-refractivity contribution in [2.24, 2.45) is 0 Å². The van der Waals surface area contributed by atoms with Gasteiger partial charge in [0.05, 0.1) is 10.2 Å². The van der Waals surface area contributed by atoms with Crippen molar-refractivity contribution in [3.8, 4) is 0 Å². The van der Waals surface area contributed by atoms with E-state index in [1.807, 2.05) is 10.9 Å². The van der Waals surface area contributed by atoms with Gasteiger partial charge in [-0.2, -0.15) is 0 Å². The van der Waals surface area contributed by atoms with Crippen molar-refractivity contribution in [2.45, 2.75) is 30.2 Å². The molecule has 1 heterocycles. The number of aromatic nitrogens is 3. The van der Waals surface area contributed by atoms with E-state index in [1.165, 1.54) is 23.7 Å². The quantitative estimate of drug-likeness (QED) is 0.414. The number of hydrogen-bond donors (Lipinski definition) is 0. The van der Waals surface area contributed by atoms with Gasteiger partial charge in [-0.3, -0.25) is 0 Å². The molecule has 0 atom stereocenters. The number of hydrogen-bond acceptors (Lipinski definition) is 2. The molecule has 0 unspecified atom stereocenters. The predicted molar refractivity (Wildman–Crippen MR) is 70.5 cm³/mol. The van der Waals surface area contributed by atoms with Gasteiger partial charge in [0, 0.05) is 6.20 Å². The van der Waals surface area contributed by atoms with Gasteiger partial charge in [-0.25, -0.2) is 4.68 Å². The van der Waals surface area contributed by atoms with Gasteiger partial charge in [0.2, 0.25) is 0 Å². The fourth-order valence-corrected chi connectivity index (χ4v) is 1.96. The van der Waals surface area contributed by atoms with Crippen LogP contribution < -0.4 is 0 Å². The SMILES string of the molecule is ICCCCCc1cn(CI)nn1. The number of unbranched alkanes of at least 4 members (excludes halogenated alkanes) is 2. The molecule has 1 aromatic heterocycles. The zero-order valence-corrected chi connectivity index (χ0v) is 11.7. The van der Waals surface area contributed by atoms with E-state index in [0.29, 0.717) is 0 Å². The maximum Gasteiger partial charge on any atom is 0.0941 e. The van der Waals surface area contributed by atoms with Crippen molar-refractivity contribution in [2.75, 3.05) is 4.43 Å². The minimum absolute atomic E-state index is 0.887. The van der Waals surface area contributed by atoms with Gasteiger partial charge in [-0.15, -0.1) is 5.10 Å². The summed E-state index contributed by atoms with van der Waals surface area (Å²) in [4.78, 5) is 0. The second-order valence-electron chi connectivity index (χ2n) is 2.87. The topological polar surface area (TPSA) is 30.7 Å². The Hall–Kier alpha value is 0.600. The Morgan fingerprint density at radius 2 is 2.08 bits per heavy atom. The number of aryl methyl sites for hydroxylation is 1. The van der Waals surface area contributed by atoms with Gasteiger partial charge in [0.1, 0.15) is 0 Å².